The minimum absolute atomic E-state index is 0.0512. The van der Waals surface area contributed by atoms with Crippen LogP contribution in [0.3, 0.4) is 0 Å². The third kappa shape index (κ3) is 7.62. The van der Waals surface area contributed by atoms with Crippen molar-refractivity contribution in [1.82, 2.24) is 5.43 Å². The second kappa shape index (κ2) is 13.6. The molecule has 1 N–H and O–H groups in total. The van der Waals surface area contributed by atoms with Gasteiger partial charge in [0.25, 0.3) is 15.9 Å². The van der Waals surface area contributed by atoms with Crippen molar-refractivity contribution in [2.75, 3.05) is 17.5 Å². The summed E-state index contributed by atoms with van der Waals surface area (Å²) in [5.74, 6) is 0.387. The standard InChI is InChI=1S/C30H28ClN3O5S/c1-2-38-29-14-7-6-13-28(29)34(40(36,37)27-11-4-3-5-12-27)21-30(35)33-32-20-23-15-17-26(18-16-23)39-22-24-9-8-10-25(31)19-24/h3-20H,2,21-22H2,1H3,(H,33,35)/b32-20-. The zero-order valence-corrected chi connectivity index (χ0v) is 23.3. The van der Waals surface area contributed by atoms with Gasteiger partial charge >= 0.3 is 0 Å². The number of hydrogen-bond acceptors (Lipinski definition) is 6. The quantitative estimate of drug-likeness (QED) is 0.173. The van der Waals surface area contributed by atoms with E-state index in [0.717, 1.165) is 9.87 Å². The van der Waals surface area contributed by atoms with Crippen LogP contribution in [0.15, 0.2) is 113 Å². The lowest BCUT2D eigenvalue weighted by Crippen LogP contribution is -2.39. The molecule has 0 aromatic heterocycles. The Morgan fingerprint density at radius 1 is 0.925 bits per heavy atom. The number of sulfonamides is 1. The third-order valence-corrected chi connectivity index (χ3v) is 7.64. The Bertz CT molecular complexity index is 1560. The van der Waals surface area contributed by atoms with Gasteiger partial charge in [0.2, 0.25) is 0 Å². The van der Waals surface area contributed by atoms with E-state index in [9.17, 15) is 13.2 Å². The molecule has 40 heavy (non-hydrogen) atoms. The molecule has 206 valence electrons. The molecule has 0 aliphatic carbocycles. The minimum atomic E-state index is -4.08. The number of amides is 1. The second-order valence-electron chi connectivity index (χ2n) is 8.51. The van der Waals surface area contributed by atoms with Crippen molar-refractivity contribution in [1.29, 1.82) is 0 Å². The average Bonchev–Trinajstić information content (AvgIpc) is 2.96. The SMILES string of the molecule is CCOc1ccccc1N(CC(=O)N/N=C\c1ccc(OCc2cccc(Cl)c2)cc1)S(=O)(=O)c1ccccc1. The Labute approximate surface area is 238 Å². The zero-order chi connectivity index (χ0) is 28.4. The summed E-state index contributed by atoms with van der Waals surface area (Å²) in [5.41, 5.74) is 4.33. The monoisotopic (exact) mass is 577 g/mol. The van der Waals surface area contributed by atoms with Crippen LogP contribution in [0.5, 0.6) is 11.5 Å². The highest BCUT2D eigenvalue weighted by Gasteiger charge is 2.29. The van der Waals surface area contributed by atoms with E-state index in [-0.39, 0.29) is 10.6 Å². The molecule has 1 amide bonds. The molecule has 0 heterocycles. The molecule has 0 spiro atoms. The number of nitrogens with zero attached hydrogens (tertiary/aromatic N) is 2. The van der Waals surface area contributed by atoms with Crippen molar-refractivity contribution in [3.8, 4) is 11.5 Å². The van der Waals surface area contributed by atoms with Crippen LogP contribution in [0.25, 0.3) is 0 Å². The number of halogens is 1. The Balaban J connectivity index is 1.43. The normalized spacial score (nSPS) is 11.2. The van der Waals surface area contributed by atoms with Gasteiger partial charge in [-0.05, 0) is 78.7 Å². The lowest BCUT2D eigenvalue weighted by Gasteiger charge is -2.25. The minimum Gasteiger partial charge on any atom is -0.492 e. The van der Waals surface area contributed by atoms with Crippen LogP contribution in [-0.4, -0.2) is 33.7 Å². The van der Waals surface area contributed by atoms with Crippen LogP contribution in [0, 0.1) is 0 Å². The number of rotatable bonds is 12. The summed E-state index contributed by atoms with van der Waals surface area (Å²) < 4.78 is 39.5. The van der Waals surface area contributed by atoms with E-state index in [0.29, 0.717) is 35.3 Å². The van der Waals surface area contributed by atoms with Crippen LogP contribution in [-0.2, 0) is 21.4 Å². The van der Waals surface area contributed by atoms with Gasteiger partial charge in [0.15, 0.2) is 0 Å². The molecule has 0 saturated carbocycles. The number of ether oxygens (including phenoxy) is 2. The largest absolute Gasteiger partial charge is 0.492 e. The van der Waals surface area contributed by atoms with Gasteiger partial charge in [0, 0.05) is 5.02 Å². The third-order valence-electron chi connectivity index (χ3n) is 5.63. The van der Waals surface area contributed by atoms with Crippen LogP contribution >= 0.6 is 11.6 Å². The second-order valence-corrected chi connectivity index (χ2v) is 10.8. The molecule has 10 heteroatoms. The van der Waals surface area contributed by atoms with Crippen LogP contribution in [0.4, 0.5) is 5.69 Å². The van der Waals surface area contributed by atoms with Crippen molar-refractivity contribution in [2.45, 2.75) is 18.4 Å². The number of benzene rings is 4. The predicted molar refractivity (Wildman–Crippen MR) is 157 cm³/mol. The smallest absolute Gasteiger partial charge is 0.264 e. The van der Waals surface area contributed by atoms with Crippen molar-refractivity contribution in [2.24, 2.45) is 5.10 Å². The van der Waals surface area contributed by atoms with E-state index in [1.807, 2.05) is 18.2 Å². The lowest BCUT2D eigenvalue weighted by molar-refractivity contribution is -0.119. The van der Waals surface area contributed by atoms with Gasteiger partial charge in [0.05, 0.1) is 23.4 Å². The number of carbonyl (C=O) groups excluding carboxylic acids is 1. The van der Waals surface area contributed by atoms with Gasteiger partial charge in [-0.15, -0.1) is 0 Å². The Morgan fingerprint density at radius 2 is 1.65 bits per heavy atom. The summed E-state index contributed by atoms with van der Waals surface area (Å²) in [6.07, 6.45) is 1.46. The van der Waals surface area contributed by atoms with E-state index in [4.69, 9.17) is 21.1 Å². The first-order valence-electron chi connectivity index (χ1n) is 12.5. The molecular formula is C30H28ClN3O5S. The van der Waals surface area contributed by atoms with E-state index in [1.165, 1.54) is 18.3 Å². The summed E-state index contributed by atoms with van der Waals surface area (Å²) in [5, 5.41) is 4.65. The first kappa shape index (κ1) is 28.7. The fourth-order valence-electron chi connectivity index (χ4n) is 3.75. The highest BCUT2D eigenvalue weighted by atomic mass is 35.5. The molecule has 0 atom stereocenters. The fourth-order valence-corrected chi connectivity index (χ4v) is 5.41. The predicted octanol–water partition coefficient (Wildman–Crippen LogP) is 5.66. The Kier molecular flexibility index (Phi) is 9.77. The van der Waals surface area contributed by atoms with Crippen molar-refractivity contribution in [3.05, 3.63) is 119 Å². The van der Waals surface area contributed by atoms with E-state index >= 15 is 0 Å². The number of para-hydroxylation sites is 2. The van der Waals surface area contributed by atoms with Crippen LogP contribution < -0.4 is 19.2 Å². The maximum atomic E-state index is 13.5. The van der Waals surface area contributed by atoms with Crippen molar-refractivity contribution in [3.63, 3.8) is 0 Å². The Morgan fingerprint density at radius 3 is 2.38 bits per heavy atom. The van der Waals surface area contributed by atoms with Crippen LogP contribution in [0.1, 0.15) is 18.1 Å². The van der Waals surface area contributed by atoms with Gasteiger partial charge in [-0.25, -0.2) is 13.8 Å². The molecule has 0 unspecified atom stereocenters. The molecule has 0 fully saturated rings. The number of nitrogens with one attached hydrogen (secondary N) is 1. The van der Waals surface area contributed by atoms with Gasteiger partial charge in [-0.3, -0.25) is 9.10 Å². The fraction of sp³-hybridized carbons (Fsp3) is 0.133. The molecule has 0 saturated heterocycles. The molecule has 0 aliphatic heterocycles. The number of anilines is 1. The summed E-state index contributed by atoms with van der Waals surface area (Å²) >= 11 is 6.01. The van der Waals surface area contributed by atoms with Crippen LogP contribution in [0.2, 0.25) is 5.02 Å². The Hall–Kier alpha value is -4.34. The van der Waals surface area contributed by atoms with E-state index in [2.05, 4.69) is 10.5 Å². The van der Waals surface area contributed by atoms with Gasteiger partial charge in [0.1, 0.15) is 24.7 Å². The summed E-state index contributed by atoms with van der Waals surface area (Å²) in [4.78, 5) is 12.9. The zero-order valence-electron chi connectivity index (χ0n) is 21.7. The van der Waals surface area contributed by atoms with Crippen molar-refractivity contribution >= 4 is 39.4 Å². The van der Waals surface area contributed by atoms with Gasteiger partial charge in [-0.1, -0.05) is 54.1 Å². The summed E-state index contributed by atoms with van der Waals surface area (Å²) in [6, 6.07) is 29.2. The molecule has 0 aliphatic rings. The molecule has 4 aromatic carbocycles. The summed E-state index contributed by atoms with van der Waals surface area (Å²) in [6.45, 7) is 2.00. The molecule has 8 nitrogen and oxygen atoms in total. The maximum Gasteiger partial charge on any atom is 0.264 e. The lowest BCUT2D eigenvalue weighted by atomic mass is 10.2. The molecular weight excluding hydrogens is 550 g/mol. The molecule has 4 aromatic rings. The maximum absolute atomic E-state index is 13.5. The number of carbonyl (C=O) groups is 1. The highest BCUT2D eigenvalue weighted by Crippen LogP contribution is 2.32. The summed E-state index contributed by atoms with van der Waals surface area (Å²) in [7, 11) is -4.08. The molecule has 4 rings (SSSR count). The first-order valence-corrected chi connectivity index (χ1v) is 14.3. The molecule has 0 radical (unpaired) electrons. The van der Waals surface area contributed by atoms with E-state index < -0.39 is 22.5 Å². The number of hydrogen-bond donors (Lipinski definition) is 1. The first-order chi connectivity index (χ1) is 19.4. The van der Waals surface area contributed by atoms with Gasteiger partial charge < -0.3 is 9.47 Å². The van der Waals surface area contributed by atoms with E-state index in [1.54, 1.807) is 79.7 Å². The van der Waals surface area contributed by atoms with Crippen molar-refractivity contribution < 1.29 is 22.7 Å². The highest BCUT2D eigenvalue weighted by molar-refractivity contribution is 7.92. The van der Waals surface area contributed by atoms with Gasteiger partial charge in [-0.2, -0.15) is 5.10 Å². The average molecular weight is 578 g/mol. The topological polar surface area (TPSA) is 97.3 Å². The number of hydrazone groups is 1. The molecule has 0 bridgehead atoms.